The predicted octanol–water partition coefficient (Wildman–Crippen LogP) is 2.35. The Morgan fingerprint density at radius 3 is 2.65 bits per heavy atom. The lowest BCUT2D eigenvalue weighted by Crippen LogP contribution is -2.38. The van der Waals surface area contributed by atoms with E-state index >= 15 is 0 Å². The summed E-state index contributed by atoms with van der Waals surface area (Å²) in [5, 5.41) is 6.41. The lowest BCUT2D eigenvalue weighted by molar-refractivity contribution is -0.121. The molecule has 1 aliphatic heterocycles. The van der Waals surface area contributed by atoms with Crippen LogP contribution in [0.2, 0.25) is 0 Å². The smallest absolute Gasteiger partial charge is 0.220 e. The third-order valence-electron chi connectivity index (χ3n) is 3.09. The summed E-state index contributed by atoms with van der Waals surface area (Å²) in [6, 6.07) is 0. The molecule has 1 aliphatic rings. The van der Waals surface area contributed by atoms with Gasteiger partial charge in [-0.2, -0.15) is 0 Å². The third-order valence-corrected chi connectivity index (χ3v) is 3.09. The molecular weight excluding hydrogens is 236 g/mol. The van der Waals surface area contributed by atoms with E-state index in [0.717, 1.165) is 26.1 Å². The number of hydrogen-bond acceptors (Lipinski definition) is 2. The van der Waals surface area contributed by atoms with Crippen LogP contribution in [-0.4, -0.2) is 25.5 Å². The van der Waals surface area contributed by atoms with Gasteiger partial charge in [-0.25, -0.2) is 0 Å². The number of piperidine rings is 1. The van der Waals surface area contributed by atoms with Crippen LogP contribution >= 0.6 is 12.4 Å². The van der Waals surface area contributed by atoms with Crippen LogP contribution in [0.5, 0.6) is 0 Å². The first-order valence-electron chi connectivity index (χ1n) is 6.45. The fourth-order valence-electron chi connectivity index (χ4n) is 1.93. The van der Waals surface area contributed by atoms with Crippen molar-refractivity contribution in [1.29, 1.82) is 0 Å². The second kappa shape index (κ2) is 7.93. The summed E-state index contributed by atoms with van der Waals surface area (Å²) in [7, 11) is 0. The van der Waals surface area contributed by atoms with Gasteiger partial charge in [0.15, 0.2) is 0 Å². The second-order valence-electron chi connectivity index (χ2n) is 6.08. The first-order valence-corrected chi connectivity index (χ1v) is 6.45. The molecule has 4 heteroatoms. The van der Waals surface area contributed by atoms with Crippen LogP contribution in [-0.2, 0) is 4.79 Å². The highest BCUT2D eigenvalue weighted by Gasteiger charge is 2.15. The highest BCUT2D eigenvalue weighted by atomic mass is 35.5. The number of rotatable bonds is 4. The van der Waals surface area contributed by atoms with Crippen LogP contribution in [0.4, 0.5) is 0 Å². The summed E-state index contributed by atoms with van der Waals surface area (Å²) in [4.78, 5) is 11.6. The van der Waals surface area contributed by atoms with Gasteiger partial charge in [0.1, 0.15) is 0 Å². The Kier molecular flexibility index (Phi) is 7.80. The Labute approximate surface area is 112 Å². The molecule has 0 aromatic carbocycles. The number of nitrogens with one attached hydrogen (secondary N) is 2. The molecular formula is C13H27ClN2O. The normalized spacial score (nSPS) is 20.5. The van der Waals surface area contributed by atoms with Crippen LogP contribution in [0.1, 0.15) is 46.5 Å². The maximum Gasteiger partial charge on any atom is 0.220 e. The van der Waals surface area contributed by atoms with E-state index in [-0.39, 0.29) is 23.7 Å². The van der Waals surface area contributed by atoms with Gasteiger partial charge in [-0.3, -0.25) is 4.79 Å². The summed E-state index contributed by atoms with van der Waals surface area (Å²) < 4.78 is 0. The molecule has 3 nitrogen and oxygen atoms in total. The number of carbonyl (C=O) groups is 1. The van der Waals surface area contributed by atoms with Crippen molar-refractivity contribution < 1.29 is 4.79 Å². The van der Waals surface area contributed by atoms with Crippen LogP contribution in [0.25, 0.3) is 0 Å². The van der Waals surface area contributed by atoms with Gasteiger partial charge < -0.3 is 10.6 Å². The summed E-state index contributed by atoms with van der Waals surface area (Å²) in [6.07, 6.45) is 4.10. The Morgan fingerprint density at radius 1 is 1.41 bits per heavy atom. The fourth-order valence-corrected chi connectivity index (χ4v) is 1.93. The number of hydrogen-bond donors (Lipinski definition) is 2. The average Bonchev–Trinajstić information content (AvgIpc) is 2.24. The monoisotopic (exact) mass is 262 g/mol. The molecule has 0 aliphatic carbocycles. The first kappa shape index (κ1) is 16.7. The van der Waals surface area contributed by atoms with E-state index in [4.69, 9.17) is 0 Å². The first-order chi connectivity index (χ1) is 7.47. The Bertz CT molecular complexity index is 220. The van der Waals surface area contributed by atoms with Crippen molar-refractivity contribution in [1.82, 2.24) is 10.6 Å². The Balaban J connectivity index is 0.00000256. The van der Waals surface area contributed by atoms with Crippen LogP contribution in [0, 0.1) is 11.3 Å². The topological polar surface area (TPSA) is 41.1 Å². The van der Waals surface area contributed by atoms with E-state index in [1.165, 1.54) is 12.8 Å². The molecule has 1 amide bonds. The molecule has 102 valence electrons. The summed E-state index contributed by atoms with van der Waals surface area (Å²) in [5.74, 6) is 0.841. The van der Waals surface area contributed by atoms with Crippen molar-refractivity contribution in [2.45, 2.75) is 46.5 Å². The van der Waals surface area contributed by atoms with Gasteiger partial charge in [0.2, 0.25) is 5.91 Å². The van der Waals surface area contributed by atoms with E-state index in [0.29, 0.717) is 12.3 Å². The summed E-state index contributed by atoms with van der Waals surface area (Å²) in [5.41, 5.74) is 0.254. The van der Waals surface area contributed by atoms with Crippen LogP contribution in [0.3, 0.4) is 0 Å². The fraction of sp³-hybridized carbons (Fsp3) is 0.923. The molecule has 2 N–H and O–H groups in total. The van der Waals surface area contributed by atoms with E-state index in [9.17, 15) is 4.79 Å². The molecule has 1 rings (SSSR count). The molecule has 1 fully saturated rings. The van der Waals surface area contributed by atoms with Crippen molar-refractivity contribution in [2.24, 2.45) is 11.3 Å². The SMILES string of the molecule is CC(C)(C)CCC(=O)NCC1CCCNC1.Cl. The molecule has 0 radical (unpaired) electrons. The lowest BCUT2D eigenvalue weighted by atomic mass is 9.90. The van der Waals surface area contributed by atoms with E-state index in [1.54, 1.807) is 0 Å². The maximum atomic E-state index is 11.6. The van der Waals surface area contributed by atoms with Gasteiger partial charge in [-0.05, 0) is 43.7 Å². The minimum Gasteiger partial charge on any atom is -0.356 e. The van der Waals surface area contributed by atoms with Crippen molar-refractivity contribution >= 4 is 18.3 Å². The summed E-state index contributed by atoms with van der Waals surface area (Å²) in [6.45, 7) is 9.55. The highest BCUT2D eigenvalue weighted by Crippen LogP contribution is 2.20. The molecule has 17 heavy (non-hydrogen) atoms. The molecule has 0 bridgehead atoms. The zero-order chi connectivity index (χ0) is 12.0. The van der Waals surface area contributed by atoms with Crippen molar-refractivity contribution in [3.8, 4) is 0 Å². The maximum absolute atomic E-state index is 11.6. The highest BCUT2D eigenvalue weighted by molar-refractivity contribution is 5.85. The van der Waals surface area contributed by atoms with Crippen molar-refractivity contribution in [3.63, 3.8) is 0 Å². The Morgan fingerprint density at radius 2 is 2.12 bits per heavy atom. The van der Waals surface area contributed by atoms with E-state index in [1.807, 2.05) is 0 Å². The Hall–Kier alpha value is -0.280. The lowest BCUT2D eigenvalue weighted by Gasteiger charge is -2.23. The molecule has 1 atom stereocenters. The van der Waals surface area contributed by atoms with Gasteiger partial charge in [0.05, 0.1) is 0 Å². The van der Waals surface area contributed by atoms with Gasteiger partial charge in [0, 0.05) is 13.0 Å². The quantitative estimate of drug-likeness (QED) is 0.817. The number of carbonyl (C=O) groups excluding carboxylic acids is 1. The minimum atomic E-state index is 0. The van der Waals surface area contributed by atoms with Gasteiger partial charge in [-0.1, -0.05) is 20.8 Å². The van der Waals surface area contributed by atoms with Gasteiger partial charge in [-0.15, -0.1) is 12.4 Å². The molecule has 1 unspecified atom stereocenters. The standard InChI is InChI=1S/C13H26N2O.ClH/c1-13(2,3)7-6-12(16)15-10-11-5-4-8-14-9-11;/h11,14H,4-10H2,1-3H3,(H,15,16);1H. The van der Waals surface area contributed by atoms with Crippen LogP contribution < -0.4 is 10.6 Å². The minimum absolute atomic E-state index is 0. The van der Waals surface area contributed by atoms with Crippen LogP contribution in [0.15, 0.2) is 0 Å². The molecule has 1 heterocycles. The number of halogens is 1. The average molecular weight is 263 g/mol. The third kappa shape index (κ3) is 8.44. The predicted molar refractivity (Wildman–Crippen MR) is 74.5 cm³/mol. The van der Waals surface area contributed by atoms with Gasteiger partial charge >= 0.3 is 0 Å². The number of amides is 1. The molecule has 0 aromatic rings. The zero-order valence-corrected chi connectivity index (χ0v) is 12.2. The molecule has 0 spiro atoms. The van der Waals surface area contributed by atoms with E-state index < -0.39 is 0 Å². The molecule has 1 saturated heterocycles. The summed E-state index contributed by atoms with van der Waals surface area (Å²) >= 11 is 0. The van der Waals surface area contributed by atoms with Gasteiger partial charge in [0.25, 0.3) is 0 Å². The second-order valence-corrected chi connectivity index (χ2v) is 6.08. The van der Waals surface area contributed by atoms with Crippen molar-refractivity contribution in [2.75, 3.05) is 19.6 Å². The molecule has 0 aromatic heterocycles. The van der Waals surface area contributed by atoms with Crippen molar-refractivity contribution in [3.05, 3.63) is 0 Å². The zero-order valence-electron chi connectivity index (χ0n) is 11.3. The molecule has 0 saturated carbocycles. The largest absolute Gasteiger partial charge is 0.356 e. The van der Waals surface area contributed by atoms with E-state index in [2.05, 4.69) is 31.4 Å².